The van der Waals surface area contributed by atoms with Gasteiger partial charge in [0.15, 0.2) is 5.78 Å². The number of hydrogen-bond acceptors (Lipinski definition) is 2. The van der Waals surface area contributed by atoms with Gasteiger partial charge in [-0.3, -0.25) is 4.79 Å². The average Bonchev–Trinajstić information content (AvgIpc) is 3.44. The van der Waals surface area contributed by atoms with Crippen molar-refractivity contribution in [1.29, 1.82) is 0 Å². The summed E-state index contributed by atoms with van der Waals surface area (Å²) in [6.07, 6.45) is 0. The second-order valence-electron chi connectivity index (χ2n) is 11.1. The summed E-state index contributed by atoms with van der Waals surface area (Å²) in [4.78, 5) is 14.6. The smallest absolute Gasteiger partial charge is 0.195 e. The van der Waals surface area contributed by atoms with Gasteiger partial charge in [0, 0.05) is 44.5 Å². The Morgan fingerprint density at radius 1 is 0.319 bits per heavy atom. The first-order valence-corrected chi connectivity index (χ1v) is 15.4. The number of Topliss-reactive ketones (excluding diaryl/α,β-unsaturated/α-hetero) is 1. The highest BCUT2D eigenvalue weighted by atomic mass is 16.3. The van der Waals surface area contributed by atoms with Gasteiger partial charge in [-0.1, -0.05) is 127 Å². The molecule has 0 aromatic heterocycles. The quantitative estimate of drug-likeness (QED) is 0.205. The van der Waals surface area contributed by atoms with E-state index in [1.807, 2.05) is 152 Å². The van der Waals surface area contributed by atoms with Crippen LogP contribution in [0.3, 0.4) is 0 Å². The fourth-order valence-electron chi connectivity index (χ4n) is 5.74. The highest BCUT2D eigenvalue weighted by molar-refractivity contribution is 6.59. The van der Waals surface area contributed by atoms with E-state index in [0.29, 0.717) is 11.1 Å². The number of ketones is 1. The number of aromatic hydroxyl groups is 1. The fourth-order valence-corrected chi connectivity index (χ4v) is 5.74. The molecule has 0 radical (unpaired) electrons. The lowest BCUT2D eigenvalue weighted by Crippen LogP contribution is -2.02. The number of allylic oxidation sites excluding steroid dienone is 4. The summed E-state index contributed by atoms with van der Waals surface area (Å²) in [5.74, 6) is 13.1. The number of hydrogen-bond donors (Lipinski definition) is 1. The molecular weight excluding hydrogens is 572 g/mol. The second kappa shape index (κ2) is 13.2. The van der Waals surface area contributed by atoms with Crippen molar-refractivity contribution in [3.8, 4) is 29.4 Å². The van der Waals surface area contributed by atoms with Crippen molar-refractivity contribution in [3.63, 3.8) is 0 Å². The standard InChI is InChI=1S/C45H28O2/c46-40-30-28-38(29-31-40)42-41(37-24-20-34(21-25-37)18-16-32-10-4-1-5-11-32)44(45(47)43(42)36-14-8-3-9-15-36)39-26-22-35(23-27-39)19-17-33-12-6-2-7-13-33/h1-15,20-31,46H. The molecule has 6 aromatic carbocycles. The summed E-state index contributed by atoms with van der Waals surface area (Å²) in [6, 6.07) is 52.6. The topological polar surface area (TPSA) is 37.3 Å². The van der Waals surface area contributed by atoms with Crippen molar-refractivity contribution in [3.05, 3.63) is 208 Å². The Labute approximate surface area is 275 Å². The van der Waals surface area contributed by atoms with Crippen LogP contribution in [0.1, 0.15) is 44.5 Å². The number of carbonyl (C=O) groups excluding carboxylic acids is 1. The molecule has 1 aliphatic rings. The Kier molecular flexibility index (Phi) is 8.16. The van der Waals surface area contributed by atoms with Crippen LogP contribution in [0.5, 0.6) is 5.75 Å². The van der Waals surface area contributed by atoms with Gasteiger partial charge in [0.25, 0.3) is 0 Å². The zero-order valence-corrected chi connectivity index (χ0v) is 25.4. The van der Waals surface area contributed by atoms with Crippen LogP contribution in [0.2, 0.25) is 0 Å². The SMILES string of the molecule is O=C1C(c2ccccc2)=C(c2ccc(O)cc2)C(c2ccc(C#Cc3ccccc3)cc2)=C1c1ccc(C#Cc2ccccc2)cc1. The minimum Gasteiger partial charge on any atom is -0.508 e. The molecule has 0 unspecified atom stereocenters. The van der Waals surface area contributed by atoms with Crippen molar-refractivity contribution in [2.24, 2.45) is 0 Å². The molecule has 0 spiro atoms. The van der Waals surface area contributed by atoms with E-state index in [4.69, 9.17) is 0 Å². The van der Waals surface area contributed by atoms with Gasteiger partial charge >= 0.3 is 0 Å². The molecule has 2 nitrogen and oxygen atoms in total. The molecule has 0 aliphatic heterocycles. The zero-order chi connectivity index (χ0) is 32.0. The van der Waals surface area contributed by atoms with E-state index in [1.165, 1.54) is 0 Å². The average molecular weight is 601 g/mol. The van der Waals surface area contributed by atoms with Crippen LogP contribution in [-0.4, -0.2) is 10.9 Å². The van der Waals surface area contributed by atoms with Gasteiger partial charge in [0.1, 0.15) is 5.75 Å². The first kappa shape index (κ1) is 29.1. The van der Waals surface area contributed by atoms with E-state index in [0.717, 1.165) is 55.7 Å². The molecular formula is C45H28O2. The van der Waals surface area contributed by atoms with E-state index < -0.39 is 0 Å². The first-order chi connectivity index (χ1) is 23.1. The lowest BCUT2D eigenvalue weighted by Gasteiger charge is -2.14. The number of phenolic OH excluding ortho intramolecular Hbond substituents is 1. The normalized spacial score (nSPS) is 12.3. The predicted octanol–water partition coefficient (Wildman–Crippen LogP) is 9.30. The molecule has 47 heavy (non-hydrogen) atoms. The summed E-state index contributed by atoms with van der Waals surface area (Å²) in [7, 11) is 0. The number of benzene rings is 6. The van der Waals surface area contributed by atoms with Crippen molar-refractivity contribution in [2.45, 2.75) is 0 Å². The third kappa shape index (κ3) is 6.31. The van der Waals surface area contributed by atoms with Crippen LogP contribution in [0.15, 0.2) is 164 Å². The molecule has 0 fully saturated rings. The van der Waals surface area contributed by atoms with Crippen LogP contribution in [-0.2, 0) is 4.79 Å². The van der Waals surface area contributed by atoms with Gasteiger partial charge < -0.3 is 5.11 Å². The van der Waals surface area contributed by atoms with Crippen molar-refractivity contribution >= 4 is 28.1 Å². The number of rotatable bonds is 4. The maximum absolute atomic E-state index is 14.6. The monoisotopic (exact) mass is 600 g/mol. The molecule has 2 heteroatoms. The van der Waals surface area contributed by atoms with Crippen LogP contribution in [0.4, 0.5) is 0 Å². The van der Waals surface area contributed by atoms with E-state index >= 15 is 0 Å². The number of phenols is 1. The van der Waals surface area contributed by atoms with Crippen molar-refractivity contribution < 1.29 is 9.90 Å². The summed E-state index contributed by atoms with van der Waals surface area (Å²) in [6.45, 7) is 0. The van der Waals surface area contributed by atoms with Crippen LogP contribution < -0.4 is 0 Å². The molecule has 0 heterocycles. The summed E-state index contributed by atoms with van der Waals surface area (Å²) in [5, 5.41) is 10.1. The number of carbonyl (C=O) groups is 1. The third-order valence-electron chi connectivity index (χ3n) is 8.02. The lowest BCUT2D eigenvalue weighted by molar-refractivity contribution is -0.108. The highest BCUT2D eigenvalue weighted by Gasteiger charge is 2.35. The fraction of sp³-hybridized carbons (Fsp3) is 0. The largest absolute Gasteiger partial charge is 0.508 e. The molecule has 0 amide bonds. The molecule has 0 saturated heterocycles. The van der Waals surface area contributed by atoms with Crippen molar-refractivity contribution in [1.82, 2.24) is 0 Å². The van der Waals surface area contributed by atoms with Gasteiger partial charge in [-0.2, -0.15) is 0 Å². The summed E-state index contributed by atoms with van der Waals surface area (Å²) in [5.41, 5.74) is 9.94. The van der Waals surface area contributed by atoms with Gasteiger partial charge in [-0.15, -0.1) is 0 Å². The Hall–Kier alpha value is -6.61. The molecule has 0 bridgehead atoms. The Bertz CT molecular complexity index is 2250. The molecule has 220 valence electrons. The molecule has 1 N–H and O–H groups in total. The van der Waals surface area contributed by atoms with Crippen LogP contribution >= 0.6 is 0 Å². The van der Waals surface area contributed by atoms with Gasteiger partial charge in [-0.05, 0) is 82.9 Å². The predicted molar refractivity (Wildman–Crippen MR) is 191 cm³/mol. The lowest BCUT2D eigenvalue weighted by atomic mass is 9.89. The molecule has 1 aliphatic carbocycles. The molecule has 0 saturated carbocycles. The van der Waals surface area contributed by atoms with Gasteiger partial charge in [-0.25, -0.2) is 0 Å². The van der Waals surface area contributed by atoms with Crippen molar-refractivity contribution in [2.75, 3.05) is 0 Å². The van der Waals surface area contributed by atoms with Crippen LogP contribution in [0.25, 0.3) is 22.3 Å². The van der Waals surface area contributed by atoms with E-state index in [-0.39, 0.29) is 11.5 Å². The Morgan fingerprint density at radius 3 is 1.02 bits per heavy atom. The Balaban J connectivity index is 1.38. The van der Waals surface area contributed by atoms with E-state index in [1.54, 1.807) is 12.1 Å². The molecule has 7 rings (SSSR count). The molecule has 6 aromatic rings. The minimum absolute atomic E-state index is 0.0506. The van der Waals surface area contributed by atoms with E-state index in [2.05, 4.69) is 23.7 Å². The Morgan fingerprint density at radius 2 is 0.617 bits per heavy atom. The summed E-state index contributed by atoms with van der Waals surface area (Å²) < 4.78 is 0. The van der Waals surface area contributed by atoms with E-state index in [9.17, 15) is 9.90 Å². The minimum atomic E-state index is -0.0506. The maximum Gasteiger partial charge on any atom is 0.195 e. The second-order valence-corrected chi connectivity index (χ2v) is 11.1. The summed E-state index contributed by atoms with van der Waals surface area (Å²) >= 11 is 0. The van der Waals surface area contributed by atoms with Crippen LogP contribution in [0, 0.1) is 23.7 Å². The third-order valence-corrected chi connectivity index (χ3v) is 8.02. The first-order valence-electron chi connectivity index (χ1n) is 15.4. The van der Waals surface area contributed by atoms with Gasteiger partial charge in [0.2, 0.25) is 0 Å². The molecule has 0 atom stereocenters. The zero-order valence-electron chi connectivity index (χ0n) is 25.4. The maximum atomic E-state index is 14.6. The van der Waals surface area contributed by atoms with Gasteiger partial charge in [0.05, 0.1) is 0 Å². The highest BCUT2D eigenvalue weighted by Crippen LogP contribution is 2.49.